The van der Waals surface area contributed by atoms with Crippen LogP contribution in [0, 0.1) is 6.92 Å². The molecule has 0 amide bonds. The fourth-order valence-corrected chi connectivity index (χ4v) is 1.89. The van der Waals surface area contributed by atoms with Gasteiger partial charge in [-0.3, -0.25) is 4.40 Å². The molecule has 0 aliphatic heterocycles. The molecule has 82 valence electrons. The summed E-state index contributed by atoms with van der Waals surface area (Å²) in [6, 6.07) is 3.68. The van der Waals surface area contributed by atoms with E-state index < -0.39 is 5.69 Å². The molecule has 0 atom stereocenters. The third-order valence-electron chi connectivity index (χ3n) is 2.89. The Morgan fingerprint density at radius 3 is 2.81 bits per heavy atom. The van der Waals surface area contributed by atoms with Crippen LogP contribution in [0.1, 0.15) is 24.4 Å². The zero-order chi connectivity index (χ0) is 11.3. The zero-order valence-corrected chi connectivity index (χ0v) is 8.88. The van der Waals surface area contributed by atoms with Crippen LogP contribution in [0.2, 0.25) is 0 Å². The average Bonchev–Trinajstić information content (AvgIpc) is 3.04. The zero-order valence-electron chi connectivity index (χ0n) is 8.88. The molecular weight excluding hydrogens is 206 g/mol. The summed E-state index contributed by atoms with van der Waals surface area (Å²) < 4.78 is 2.70. The van der Waals surface area contributed by atoms with Crippen molar-refractivity contribution >= 4 is 5.65 Å². The van der Waals surface area contributed by atoms with Gasteiger partial charge in [0.15, 0.2) is 0 Å². The maximum atomic E-state index is 12.1. The molecule has 0 bridgehead atoms. The van der Waals surface area contributed by atoms with Crippen molar-refractivity contribution < 1.29 is 0 Å². The highest BCUT2D eigenvalue weighted by Gasteiger charge is 2.27. The third kappa shape index (κ3) is 1.21. The first kappa shape index (κ1) is 9.33. The number of pyridine rings is 1. The summed E-state index contributed by atoms with van der Waals surface area (Å²) in [4.78, 5) is 27.8. The van der Waals surface area contributed by atoms with E-state index in [2.05, 4.69) is 4.98 Å². The minimum Gasteiger partial charge on any atom is -0.252 e. The minimum absolute atomic E-state index is 0.0601. The van der Waals surface area contributed by atoms with E-state index >= 15 is 0 Å². The highest BCUT2D eigenvalue weighted by atomic mass is 16.2. The molecule has 1 saturated carbocycles. The monoisotopic (exact) mass is 217 g/mol. The van der Waals surface area contributed by atoms with Gasteiger partial charge in [0.25, 0.3) is 0 Å². The Bertz CT molecular complexity index is 680. The summed E-state index contributed by atoms with van der Waals surface area (Å²) in [7, 11) is 0. The van der Waals surface area contributed by atoms with Gasteiger partial charge in [0.1, 0.15) is 5.65 Å². The van der Waals surface area contributed by atoms with Crippen LogP contribution in [0.3, 0.4) is 0 Å². The Morgan fingerprint density at radius 1 is 1.38 bits per heavy atom. The van der Waals surface area contributed by atoms with E-state index in [1.807, 2.05) is 13.0 Å². The van der Waals surface area contributed by atoms with Gasteiger partial charge in [-0.25, -0.2) is 14.2 Å². The van der Waals surface area contributed by atoms with E-state index in [0.717, 1.165) is 18.4 Å². The van der Waals surface area contributed by atoms with Gasteiger partial charge in [-0.05, 0) is 31.4 Å². The van der Waals surface area contributed by atoms with E-state index in [1.165, 1.54) is 8.97 Å². The molecule has 0 unspecified atom stereocenters. The molecule has 1 aliphatic carbocycles. The van der Waals surface area contributed by atoms with E-state index in [1.54, 1.807) is 12.3 Å². The molecule has 1 fully saturated rings. The molecule has 3 rings (SSSR count). The van der Waals surface area contributed by atoms with Gasteiger partial charge in [0, 0.05) is 12.2 Å². The molecule has 5 nitrogen and oxygen atoms in total. The molecule has 2 aromatic rings. The normalized spacial score (nSPS) is 15.6. The fraction of sp³-hybridized carbons (Fsp3) is 0.364. The molecule has 0 spiro atoms. The molecule has 0 radical (unpaired) electrons. The van der Waals surface area contributed by atoms with Crippen LogP contribution in [-0.4, -0.2) is 14.0 Å². The van der Waals surface area contributed by atoms with Gasteiger partial charge < -0.3 is 0 Å². The molecule has 0 saturated heterocycles. The van der Waals surface area contributed by atoms with Crippen molar-refractivity contribution in [2.24, 2.45) is 0 Å². The van der Waals surface area contributed by atoms with Crippen LogP contribution in [0.15, 0.2) is 27.9 Å². The molecule has 5 heteroatoms. The van der Waals surface area contributed by atoms with Crippen LogP contribution >= 0.6 is 0 Å². The summed E-state index contributed by atoms with van der Waals surface area (Å²) in [5.41, 5.74) is 0.581. The number of rotatable bonds is 1. The van der Waals surface area contributed by atoms with Crippen molar-refractivity contribution in [2.45, 2.75) is 25.8 Å². The molecule has 2 aromatic heterocycles. The lowest BCUT2D eigenvalue weighted by atomic mass is 10.3. The van der Waals surface area contributed by atoms with Crippen molar-refractivity contribution in [1.29, 1.82) is 0 Å². The predicted octanol–water partition coefficient (Wildman–Crippen LogP) is 0.500. The number of aryl methyl sites for hydroxylation is 1. The third-order valence-corrected chi connectivity index (χ3v) is 2.89. The first-order valence-electron chi connectivity index (χ1n) is 5.29. The lowest BCUT2D eigenvalue weighted by molar-refractivity contribution is 0.620. The molecule has 0 N–H and O–H groups in total. The Hall–Kier alpha value is -1.91. The summed E-state index contributed by atoms with van der Waals surface area (Å²) in [5.74, 6) is 0. The van der Waals surface area contributed by atoms with Crippen molar-refractivity contribution in [1.82, 2.24) is 14.0 Å². The standard InChI is InChI=1S/C11H11N3O2/c1-7-3-2-6-13-9(7)12-10(15)14(11(13)16)8-4-5-8/h2-3,6,8H,4-5H2,1H3. The maximum absolute atomic E-state index is 12.1. The van der Waals surface area contributed by atoms with Crippen LogP contribution in [0.5, 0.6) is 0 Å². The number of aromatic nitrogens is 3. The Balaban J connectivity index is 2.48. The van der Waals surface area contributed by atoms with Gasteiger partial charge in [-0.2, -0.15) is 4.98 Å². The number of fused-ring (bicyclic) bond motifs is 1. The molecule has 0 aromatic carbocycles. The van der Waals surface area contributed by atoms with Gasteiger partial charge in [0.05, 0.1) is 0 Å². The quantitative estimate of drug-likeness (QED) is 0.699. The predicted molar refractivity (Wildman–Crippen MR) is 58.7 cm³/mol. The summed E-state index contributed by atoms with van der Waals surface area (Å²) in [6.07, 6.45) is 3.44. The van der Waals surface area contributed by atoms with Crippen molar-refractivity contribution in [2.75, 3.05) is 0 Å². The summed E-state index contributed by atoms with van der Waals surface area (Å²) in [5, 5.41) is 0. The van der Waals surface area contributed by atoms with Gasteiger partial charge in [-0.1, -0.05) is 6.07 Å². The van der Waals surface area contributed by atoms with Crippen LogP contribution < -0.4 is 11.4 Å². The van der Waals surface area contributed by atoms with E-state index in [0.29, 0.717) is 5.65 Å². The van der Waals surface area contributed by atoms with Gasteiger partial charge >= 0.3 is 11.4 Å². The largest absolute Gasteiger partial charge is 0.353 e. The number of nitrogens with zero attached hydrogens (tertiary/aromatic N) is 3. The first-order chi connectivity index (χ1) is 7.68. The van der Waals surface area contributed by atoms with Crippen molar-refractivity contribution in [3.05, 3.63) is 44.9 Å². The lowest BCUT2D eigenvalue weighted by Crippen LogP contribution is -2.38. The number of hydrogen-bond acceptors (Lipinski definition) is 3. The minimum atomic E-state index is -0.429. The topological polar surface area (TPSA) is 56.4 Å². The fourth-order valence-electron chi connectivity index (χ4n) is 1.89. The van der Waals surface area contributed by atoms with Crippen LogP contribution in [0.25, 0.3) is 5.65 Å². The lowest BCUT2D eigenvalue weighted by Gasteiger charge is -2.06. The van der Waals surface area contributed by atoms with E-state index in [9.17, 15) is 9.59 Å². The first-order valence-corrected chi connectivity index (χ1v) is 5.29. The Kier molecular flexibility index (Phi) is 1.77. The highest BCUT2D eigenvalue weighted by molar-refractivity contribution is 5.45. The van der Waals surface area contributed by atoms with Crippen molar-refractivity contribution in [3.8, 4) is 0 Å². The second kappa shape index (κ2) is 3.04. The average molecular weight is 217 g/mol. The SMILES string of the molecule is Cc1cccn2c(=O)n(C3CC3)c(=O)nc12. The van der Waals surface area contributed by atoms with E-state index in [-0.39, 0.29) is 11.7 Å². The molecule has 1 aliphatic rings. The van der Waals surface area contributed by atoms with E-state index in [4.69, 9.17) is 0 Å². The highest BCUT2D eigenvalue weighted by Crippen LogP contribution is 2.31. The summed E-state index contributed by atoms with van der Waals surface area (Å²) >= 11 is 0. The Labute approximate surface area is 91.0 Å². The van der Waals surface area contributed by atoms with Gasteiger partial charge in [0.2, 0.25) is 0 Å². The summed E-state index contributed by atoms with van der Waals surface area (Å²) in [6.45, 7) is 1.84. The smallest absolute Gasteiger partial charge is 0.252 e. The second-order valence-corrected chi connectivity index (χ2v) is 4.16. The molecule has 2 heterocycles. The maximum Gasteiger partial charge on any atom is 0.353 e. The molecule has 16 heavy (non-hydrogen) atoms. The number of hydrogen-bond donors (Lipinski definition) is 0. The van der Waals surface area contributed by atoms with Crippen LogP contribution in [-0.2, 0) is 0 Å². The van der Waals surface area contributed by atoms with Crippen LogP contribution in [0.4, 0.5) is 0 Å². The molecular formula is C11H11N3O2. The Morgan fingerprint density at radius 2 is 2.12 bits per heavy atom. The second-order valence-electron chi connectivity index (χ2n) is 4.16. The van der Waals surface area contributed by atoms with Crippen molar-refractivity contribution in [3.63, 3.8) is 0 Å². The van der Waals surface area contributed by atoms with Gasteiger partial charge in [-0.15, -0.1) is 0 Å².